The molecular weight excluding hydrogens is 210 g/mol. The SMILES string of the molecule is COCCN1C2=CC=CCC2C(C)CC1(C)C. The number of fused-ring (bicyclic) bond motifs is 1. The van der Waals surface area contributed by atoms with E-state index >= 15 is 0 Å². The van der Waals surface area contributed by atoms with E-state index in [4.69, 9.17) is 4.74 Å². The maximum Gasteiger partial charge on any atom is 0.0637 e. The third kappa shape index (κ3) is 2.42. The summed E-state index contributed by atoms with van der Waals surface area (Å²) in [5.41, 5.74) is 1.78. The van der Waals surface area contributed by atoms with Gasteiger partial charge in [-0.05, 0) is 38.7 Å². The molecule has 2 unspecified atom stereocenters. The lowest BCUT2D eigenvalue weighted by Crippen LogP contribution is -2.52. The van der Waals surface area contributed by atoms with Gasteiger partial charge in [0, 0.05) is 30.8 Å². The van der Waals surface area contributed by atoms with E-state index < -0.39 is 0 Å². The maximum atomic E-state index is 5.26. The van der Waals surface area contributed by atoms with Gasteiger partial charge in [0.15, 0.2) is 0 Å². The summed E-state index contributed by atoms with van der Waals surface area (Å²) in [4.78, 5) is 2.56. The molecule has 1 saturated heterocycles. The Kier molecular flexibility index (Phi) is 3.62. The number of hydrogen-bond acceptors (Lipinski definition) is 2. The highest BCUT2D eigenvalue weighted by Crippen LogP contribution is 2.43. The van der Waals surface area contributed by atoms with Gasteiger partial charge < -0.3 is 9.64 Å². The Morgan fingerprint density at radius 1 is 1.47 bits per heavy atom. The molecule has 0 bridgehead atoms. The minimum absolute atomic E-state index is 0.255. The fourth-order valence-electron chi connectivity index (χ4n) is 3.45. The molecule has 0 radical (unpaired) electrons. The van der Waals surface area contributed by atoms with Crippen LogP contribution in [0, 0.1) is 11.8 Å². The van der Waals surface area contributed by atoms with Crippen LogP contribution >= 0.6 is 0 Å². The first-order valence-corrected chi connectivity index (χ1v) is 6.69. The first-order valence-electron chi connectivity index (χ1n) is 6.69. The molecule has 2 rings (SSSR count). The van der Waals surface area contributed by atoms with Gasteiger partial charge in [0.2, 0.25) is 0 Å². The van der Waals surface area contributed by atoms with Crippen molar-refractivity contribution in [2.45, 2.75) is 39.2 Å². The summed E-state index contributed by atoms with van der Waals surface area (Å²) in [6.07, 6.45) is 9.29. The Morgan fingerprint density at radius 3 is 2.94 bits per heavy atom. The molecule has 0 aromatic carbocycles. The standard InChI is InChI=1S/C15H25NO/c1-12-11-15(2,3)16(9-10-17-4)14-8-6-5-7-13(12)14/h5-6,8,12-13H,7,9-11H2,1-4H3. The predicted molar refractivity (Wildman–Crippen MR) is 71.8 cm³/mol. The molecule has 96 valence electrons. The van der Waals surface area contributed by atoms with Gasteiger partial charge in [-0.1, -0.05) is 19.1 Å². The largest absolute Gasteiger partial charge is 0.383 e. The number of likely N-dealkylation sites (tertiary alicyclic amines) is 1. The van der Waals surface area contributed by atoms with Crippen LogP contribution in [-0.2, 0) is 4.74 Å². The Labute approximate surface area is 105 Å². The van der Waals surface area contributed by atoms with Crippen molar-refractivity contribution >= 4 is 0 Å². The third-order valence-electron chi connectivity index (χ3n) is 4.24. The highest BCUT2D eigenvalue weighted by molar-refractivity contribution is 5.25. The second-order valence-electron chi connectivity index (χ2n) is 6.00. The highest BCUT2D eigenvalue weighted by Gasteiger charge is 2.40. The second-order valence-corrected chi connectivity index (χ2v) is 6.00. The molecule has 2 nitrogen and oxygen atoms in total. The lowest BCUT2D eigenvalue weighted by atomic mass is 9.72. The van der Waals surface area contributed by atoms with Gasteiger partial charge in [0.05, 0.1) is 6.61 Å². The second kappa shape index (κ2) is 4.85. The Bertz CT molecular complexity index is 330. The number of hydrogen-bond donors (Lipinski definition) is 0. The quantitative estimate of drug-likeness (QED) is 0.745. The zero-order valence-electron chi connectivity index (χ0n) is 11.6. The number of piperidine rings is 1. The molecule has 0 aromatic rings. The fraction of sp³-hybridized carbons (Fsp3) is 0.733. The summed E-state index contributed by atoms with van der Waals surface area (Å²) >= 11 is 0. The van der Waals surface area contributed by atoms with E-state index in [-0.39, 0.29) is 5.54 Å². The van der Waals surface area contributed by atoms with Crippen LogP contribution in [0.15, 0.2) is 23.9 Å². The summed E-state index contributed by atoms with van der Waals surface area (Å²) in [5.74, 6) is 1.49. The van der Waals surface area contributed by atoms with Crippen LogP contribution in [-0.4, -0.2) is 30.7 Å². The van der Waals surface area contributed by atoms with Crippen molar-refractivity contribution in [3.05, 3.63) is 23.9 Å². The average Bonchev–Trinajstić information content (AvgIpc) is 2.28. The van der Waals surface area contributed by atoms with Crippen LogP contribution in [0.5, 0.6) is 0 Å². The van der Waals surface area contributed by atoms with Crippen LogP contribution in [0.25, 0.3) is 0 Å². The Hall–Kier alpha value is -0.760. The van der Waals surface area contributed by atoms with Gasteiger partial charge in [0.25, 0.3) is 0 Å². The van der Waals surface area contributed by atoms with E-state index in [9.17, 15) is 0 Å². The summed E-state index contributed by atoms with van der Waals surface area (Å²) in [5, 5.41) is 0. The fourth-order valence-corrected chi connectivity index (χ4v) is 3.45. The normalized spacial score (nSPS) is 31.1. The van der Waals surface area contributed by atoms with Crippen LogP contribution < -0.4 is 0 Å². The lowest BCUT2D eigenvalue weighted by molar-refractivity contribution is 0.0378. The predicted octanol–water partition coefficient (Wildman–Crippen LogP) is 3.21. The number of methoxy groups -OCH3 is 1. The van der Waals surface area contributed by atoms with Crippen molar-refractivity contribution in [3.63, 3.8) is 0 Å². The molecule has 1 aliphatic carbocycles. The van der Waals surface area contributed by atoms with E-state index in [0.717, 1.165) is 19.1 Å². The molecular formula is C15H25NO. The molecule has 17 heavy (non-hydrogen) atoms. The molecule has 0 N–H and O–H groups in total. The molecule has 2 atom stereocenters. The van der Waals surface area contributed by atoms with Gasteiger partial charge in [-0.3, -0.25) is 0 Å². The monoisotopic (exact) mass is 235 g/mol. The van der Waals surface area contributed by atoms with Crippen molar-refractivity contribution < 1.29 is 4.74 Å². The molecule has 1 aliphatic heterocycles. The Morgan fingerprint density at radius 2 is 2.24 bits per heavy atom. The zero-order valence-corrected chi connectivity index (χ0v) is 11.6. The molecule has 0 aromatic heterocycles. The smallest absolute Gasteiger partial charge is 0.0637 e. The van der Waals surface area contributed by atoms with Gasteiger partial charge in [-0.2, -0.15) is 0 Å². The maximum absolute atomic E-state index is 5.26. The number of ether oxygens (including phenoxy) is 1. The van der Waals surface area contributed by atoms with Crippen LogP contribution in [0.2, 0.25) is 0 Å². The molecule has 2 heteroatoms. The van der Waals surface area contributed by atoms with Crippen molar-refractivity contribution in [1.29, 1.82) is 0 Å². The topological polar surface area (TPSA) is 12.5 Å². The first-order chi connectivity index (χ1) is 8.06. The van der Waals surface area contributed by atoms with Gasteiger partial charge in [-0.15, -0.1) is 0 Å². The third-order valence-corrected chi connectivity index (χ3v) is 4.24. The van der Waals surface area contributed by atoms with Crippen LogP contribution in [0.4, 0.5) is 0 Å². The summed E-state index contributed by atoms with van der Waals surface area (Å²) < 4.78 is 5.26. The molecule has 1 fully saturated rings. The zero-order chi connectivity index (χ0) is 12.5. The van der Waals surface area contributed by atoms with Crippen molar-refractivity contribution in [2.24, 2.45) is 11.8 Å². The van der Waals surface area contributed by atoms with Gasteiger partial charge in [-0.25, -0.2) is 0 Å². The van der Waals surface area contributed by atoms with E-state index in [1.165, 1.54) is 18.5 Å². The van der Waals surface area contributed by atoms with Crippen molar-refractivity contribution in [1.82, 2.24) is 4.90 Å². The molecule has 2 aliphatic rings. The number of allylic oxidation sites excluding steroid dienone is 4. The summed E-state index contributed by atoms with van der Waals surface area (Å²) in [6.45, 7) is 8.92. The number of nitrogens with zero attached hydrogens (tertiary/aromatic N) is 1. The summed E-state index contributed by atoms with van der Waals surface area (Å²) in [7, 11) is 1.78. The van der Waals surface area contributed by atoms with Gasteiger partial charge >= 0.3 is 0 Å². The van der Waals surface area contributed by atoms with E-state index in [2.05, 4.69) is 43.9 Å². The van der Waals surface area contributed by atoms with E-state index in [1.807, 2.05) is 0 Å². The molecule has 0 saturated carbocycles. The molecule has 0 amide bonds. The lowest BCUT2D eigenvalue weighted by Gasteiger charge is -2.52. The van der Waals surface area contributed by atoms with Crippen LogP contribution in [0.3, 0.4) is 0 Å². The Balaban J connectivity index is 2.24. The van der Waals surface area contributed by atoms with Crippen molar-refractivity contribution in [2.75, 3.05) is 20.3 Å². The molecule has 1 heterocycles. The van der Waals surface area contributed by atoms with E-state index in [0.29, 0.717) is 5.92 Å². The minimum Gasteiger partial charge on any atom is -0.383 e. The summed E-state index contributed by atoms with van der Waals surface area (Å²) in [6, 6.07) is 0. The average molecular weight is 235 g/mol. The van der Waals surface area contributed by atoms with Crippen molar-refractivity contribution in [3.8, 4) is 0 Å². The number of rotatable bonds is 3. The first kappa shape index (κ1) is 12.7. The minimum atomic E-state index is 0.255. The molecule has 0 spiro atoms. The van der Waals surface area contributed by atoms with Gasteiger partial charge in [0.1, 0.15) is 0 Å². The van der Waals surface area contributed by atoms with E-state index in [1.54, 1.807) is 7.11 Å². The highest BCUT2D eigenvalue weighted by atomic mass is 16.5. The van der Waals surface area contributed by atoms with Crippen LogP contribution in [0.1, 0.15) is 33.6 Å².